The van der Waals surface area contributed by atoms with Gasteiger partial charge in [0.25, 0.3) is 10.0 Å². The van der Waals surface area contributed by atoms with E-state index in [0.717, 1.165) is 16.9 Å². The first-order chi connectivity index (χ1) is 11.9. The van der Waals surface area contributed by atoms with Gasteiger partial charge >= 0.3 is 0 Å². The number of sulfonamides is 1. The number of methoxy groups -OCH3 is 1. The summed E-state index contributed by atoms with van der Waals surface area (Å²) in [5.74, 6) is 0.607. The Balaban J connectivity index is 1.89. The van der Waals surface area contributed by atoms with Gasteiger partial charge in [0.15, 0.2) is 0 Å². The number of hydrogen-bond donors (Lipinski definition) is 2. The molecule has 8 heteroatoms. The molecule has 1 aliphatic carbocycles. The molecule has 2 N–H and O–H groups in total. The van der Waals surface area contributed by atoms with E-state index in [2.05, 4.69) is 9.71 Å². The smallest absolute Gasteiger partial charge is 0.250 e. The summed E-state index contributed by atoms with van der Waals surface area (Å²) in [6, 6.07) is 4.83. The number of ether oxygens (including phenoxy) is 1. The molecule has 0 unspecified atom stereocenters. The summed E-state index contributed by atoms with van der Waals surface area (Å²) in [5.41, 5.74) is 0.743. The van der Waals surface area contributed by atoms with Crippen molar-refractivity contribution in [3.8, 4) is 5.75 Å². The van der Waals surface area contributed by atoms with Crippen molar-refractivity contribution in [3.63, 3.8) is 0 Å². The highest BCUT2D eigenvalue weighted by Crippen LogP contribution is 2.39. The number of hydrogen-bond acceptors (Lipinski definition) is 6. The molecule has 0 aromatic carbocycles. The number of thiophene rings is 1. The van der Waals surface area contributed by atoms with Crippen molar-refractivity contribution in [2.75, 3.05) is 7.11 Å². The summed E-state index contributed by atoms with van der Waals surface area (Å²) in [7, 11) is -2.09. The van der Waals surface area contributed by atoms with Gasteiger partial charge in [-0.15, -0.1) is 11.3 Å². The minimum Gasteiger partial charge on any atom is -0.495 e. The molecule has 1 atom stereocenters. The van der Waals surface area contributed by atoms with E-state index in [0.29, 0.717) is 22.8 Å². The molecule has 136 valence electrons. The van der Waals surface area contributed by atoms with Crippen LogP contribution in [0.3, 0.4) is 0 Å². The molecule has 0 bridgehead atoms. The Labute approximate surface area is 151 Å². The molecule has 0 amide bonds. The van der Waals surface area contributed by atoms with Gasteiger partial charge in [-0.2, -0.15) is 0 Å². The number of rotatable bonds is 7. The predicted molar refractivity (Wildman–Crippen MR) is 96.3 cm³/mol. The molecule has 0 radical (unpaired) electrons. The molecular formula is C17H22N2O4S2. The molecule has 1 saturated carbocycles. The summed E-state index contributed by atoms with van der Waals surface area (Å²) in [6.07, 6.45) is 4.79. The van der Waals surface area contributed by atoms with E-state index in [1.165, 1.54) is 11.3 Å². The van der Waals surface area contributed by atoms with Crippen molar-refractivity contribution in [3.05, 3.63) is 41.0 Å². The zero-order valence-electron chi connectivity index (χ0n) is 14.2. The summed E-state index contributed by atoms with van der Waals surface area (Å²) >= 11 is 1.28. The van der Waals surface area contributed by atoms with E-state index < -0.39 is 16.1 Å². The molecule has 2 aromatic heterocycles. The quantitative estimate of drug-likeness (QED) is 0.768. The third kappa shape index (κ3) is 4.03. The number of aliphatic hydroxyl groups is 1. The Morgan fingerprint density at radius 3 is 2.76 bits per heavy atom. The fraction of sp³-hybridized carbons (Fsp3) is 0.471. The number of aliphatic hydroxyl groups excluding tert-OH is 1. The van der Waals surface area contributed by atoms with Gasteiger partial charge < -0.3 is 9.84 Å². The van der Waals surface area contributed by atoms with Gasteiger partial charge in [0.2, 0.25) is 0 Å². The van der Waals surface area contributed by atoms with Gasteiger partial charge in [-0.25, -0.2) is 13.1 Å². The molecule has 0 aliphatic heterocycles. The van der Waals surface area contributed by atoms with Crippen LogP contribution in [-0.2, 0) is 16.4 Å². The van der Waals surface area contributed by atoms with Crippen LogP contribution in [0.5, 0.6) is 5.75 Å². The third-order valence-corrected chi connectivity index (χ3v) is 7.65. The summed E-state index contributed by atoms with van der Waals surface area (Å²) in [6.45, 7) is 2.00. The van der Waals surface area contributed by atoms with Crippen LogP contribution in [0.4, 0.5) is 0 Å². The normalized spacial score (nSPS) is 21.6. The summed E-state index contributed by atoms with van der Waals surface area (Å²) in [4.78, 5) is 5.16. The van der Waals surface area contributed by atoms with Gasteiger partial charge in [0, 0.05) is 11.1 Å². The van der Waals surface area contributed by atoms with Crippen LogP contribution in [0, 0.1) is 5.92 Å². The number of nitrogens with one attached hydrogen (secondary N) is 1. The monoisotopic (exact) mass is 382 g/mol. The van der Waals surface area contributed by atoms with Crippen molar-refractivity contribution in [1.82, 2.24) is 9.71 Å². The van der Waals surface area contributed by atoms with Gasteiger partial charge in [0.1, 0.15) is 9.96 Å². The Kier molecular flexibility index (Phi) is 5.43. The fourth-order valence-corrected chi connectivity index (χ4v) is 5.58. The van der Waals surface area contributed by atoms with Crippen LogP contribution in [0.1, 0.15) is 36.2 Å². The Bertz CT molecular complexity index is 829. The van der Waals surface area contributed by atoms with Crippen LogP contribution in [-0.4, -0.2) is 31.7 Å². The zero-order chi connectivity index (χ0) is 18.0. The Hall–Kier alpha value is -1.48. The fourth-order valence-electron chi connectivity index (χ4n) is 2.97. The van der Waals surface area contributed by atoms with Crippen LogP contribution in [0.25, 0.3) is 0 Å². The minimum absolute atomic E-state index is 0.0317. The number of aryl methyl sites for hydroxylation is 1. The lowest BCUT2D eigenvalue weighted by Gasteiger charge is -2.37. The lowest BCUT2D eigenvalue weighted by molar-refractivity contribution is 0.0279. The van der Waals surface area contributed by atoms with Gasteiger partial charge in [-0.05, 0) is 48.9 Å². The molecule has 1 aliphatic rings. The standard InChI is InChI=1S/C17H22N2O4S2/c1-3-15-4-5-16(24-15)25(21,22)19-17(11-6-13(20)7-11)12-8-14(23-2)10-18-9-12/h4-5,8-11,13,17,19-20H,3,6-7H2,1-2H3/t11?,13?,17-/m0/s1. The SMILES string of the molecule is CCc1ccc(S(=O)(=O)N[C@H](c2cncc(OC)c2)C2CC(O)C2)s1. The van der Waals surface area contributed by atoms with Crippen LogP contribution in [0.15, 0.2) is 34.8 Å². The second-order valence-corrected chi connectivity index (χ2v) is 9.33. The molecule has 0 spiro atoms. The zero-order valence-corrected chi connectivity index (χ0v) is 15.8. The largest absolute Gasteiger partial charge is 0.495 e. The van der Waals surface area contributed by atoms with Crippen LogP contribution >= 0.6 is 11.3 Å². The Morgan fingerprint density at radius 1 is 1.40 bits per heavy atom. The second-order valence-electron chi connectivity index (χ2n) is 6.22. The highest BCUT2D eigenvalue weighted by atomic mass is 32.2. The maximum atomic E-state index is 12.8. The molecule has 25 heavy (non-hydrogen) atoms. The summed E-state index contributed by atoms with van der Waals surface area (Å²) < 4.78 is 33.9. The highest BCUT2D eigenvalue weighted by molar-refractivity contribution is 7.91. The Morgan fingerprint density at radius 2 is 2.16 bits per heavy atom. The maximum absolute atomic E-state index is 12.8. The summed E-state index contributed by atoms with van der Waals surface area (Å²) in [5, 5.41) is 9.65. The maximum Gasteiger partial charge on any atom is 0.250 e. The first-order valence-corrected chi connectivity index (χ1v) is 10.5. The van der Waals surface area contributed by atoms with E-state index >= 15 is 0 Å². The van der Waals surface area contributed by atoms with Crippen molar-refractivity contribution in [2.24, 2.45) is 5.92 Å². The van der Waals surface area contributed by atoms with Crippen molar-refractivity contribution in [2.45, 2.75) is 42.5 Å². The topological polar surface area (TPSA) is 88.5 Å². The van der Waals surface area contributed by atoms with Crippen LogP contribution in [0.2, 0.25) is 0 Å². The van der Waals surface area contributed by atoms with Gasteiger partial charge in [-0.1, -0.05) is 6.92 Å². The predicted octanol–water partition coefficient (Wildman–Crippen LogP) is 2.50. The average Bonchev–Trinajstić information content (AvgIpc) is 3.07. The van der Waals surface area contributed by atoms with Gasteiger partial charge in [-0.3, -0.25) is 4.98 Å². The highest BCUT2D eigenvalue weighted by Gasteiger charge is 2.37. The average molecular weight is 383 g/mol. The molecule has 0 saturated heterocycles. The second kappa shape index (κ2) is 7.41. The van der Waals surface area contributed by atoms with Gasteiger partial charge in [0.05, 0.1) is 25.5 Å². The number of nitrogens with zero attached hydrogens (tertiary/aromatic N) is 1. The first-order valence-electron chi connectivity index (χ1n) is 8.21. The van der Waals surface area contributed by atoms with Crippen molar-refractivity contribution < 1.29 is 18.3 Å². The number of pyridine rings is 1. The molecule has 2 heterocycles. The van der Waals surface area contributed by atoms with E-state index in [9.17, 15) is 13.5 Å². The number of aromatic nitrogens is 1. The van der Waals surface area contributed by atoms with Crippen LogP contribution < -0.4 is 9.46 Å². The molecule has 6 nitrogen and oxygen atoms in total. The first kappa shape index (κ1) is 18.3. The van der Waals surface area contributed by atoms with E-state index in [1.54, 1.807) is 31.6 Å². The minimum atomic E-state index is -3.64. The molecule has 2 aromatic rings. The van der Waals surface area contributed by atoms with Crippen molar-refractivity contribution >= 4 is 21.4 Å². The van der Waals surface area contributed by atoms with Crippen molar-refractivity contribution in [1.29, 1.82) is 0 Å². The molecule has 1 fully saturated rings. The lowest BCUT2D eigenvalue weighted by atomic mass is 9.76. The van der Waals surface area contributed by atoms with E-state index in [1.807, 2.05) is 13.0 Å². The van der Waals surface area contributed by atoms with E-state index in [-0.39, 0.29) is 12.0 Å². The molecular weight excluding hydrogens is 360 g/mol. The van der Waals surface area contributed by atoms with E-state index in [4.69, 9.17) is 4.74 Å². The third-order valence-electron chi connectivity index (χ3n) is 4.48. The lowest BCUT2D eigenvalue weighted by Crippen LogP contribution is -2.41. The molecule has 3 rings (SSSR count).